The highest BCUT2D eigenvalue weighted by Crippen LogP contribution is 2.46. The van der Waals surface area contributed by atoms with Crippen molar-refractivity contribution in [3.63, 3.8) is 0 Å². The molecular formula is C15H26NO7P. The monoisotopic (exact) mass is 363 g/mol. The number of carboxylic acids is 1. The number of carbonyl (C=O) groups is 2. The zero-order valence-electron chi connectivity index (χ0n) is 13.8. The van der Waals surface area contributed by atoms with E-state index in [1.54, 1.807) is 13.0 Å². The maximum absolute atomic E-state index is 12.3. The lowest BCUT2D eigenvalue weighted by Crippen LogP contribution is -2.31. The maximum Gasteiger partial charge on any atom is 0.320 e. The Morgan fingerprint density at radius 2 is 2.00 bits per heavy atom. The lowest BCUT2D eigenvalue weighted by molar-refractivity contribution is -0.138. The van der Waals surface area contributed by atoms with Gasteiger partial charge in [-0.1, -0.05) is 6.08 Å². The quantitative estimate of drug-likeness (QED) is 0.216. The summed E-state index contributed by atoms with van der Waals surface area (Å²) in [5.41, 5.74) is 4.47. The standard InChI is InChI=1S/C15H26NO7P/c1-3-4-12(6-5-11(2)23-9-8-17)15(20)24(21,22)10-7-13(16)14(18)19/h3,5,12-13,17H,1,4,6-10,16H2,2H3,(H,18,19)(H,21,22). The van der Waals surface area contributed by atoms with Gasteiger partial charge in [0.15, 0.2) is 0 Å². The van der Waals surface area contributed by atoms with E-state index in [0.29, 0.717) is 5.76 Å². The average Bonchev–Trinajstić information content (AvgIpc) is 2.53. The fourth-order valence-electron chi connectivity index (χ4n) is 1.91. The number of nitrogens with two attached hydrogens (primary N) is 1. The summed E-state index contributed by atoms with van der Waals surface area (Å²) in [4.78, 5) is 32.9. The van der Waals surface area contributed by atoms with Crippen molar-refractivity contribution in [2.75, 3.05) is 19.4 Å². The minimum absolute atomic E-state index is 0.119. The fourth-order valence-corrected chi connectivity index (χ4v) is 3.54. The maximum atomic E-state index is 12.3. The number of ether oxygens (including phenoxy) is 1. The van der Waals surface area contributed by atoms with E-state index in [4.69, 9.17) is 20.7 Å². The Balaban J connectivity index is 4.89. The van der Waals surface area contributed by atoms with Crippen LogP contribution in [0.3, 0.4) is 0 Å². The molecule has 0 radical (unpaired) electrons. The summed E-state index contributed by atoms with van der Waals surface area (Å²) in [6.45, 7) is 5.16. The molecule has 0 heterocycles. The van der Waals surface area contributed by atoms with Crippen LogP contribution >= 0.6 is 7.37 Å². The zero-order valence-corrected chi connectivity index (χ0v) is 14.7. The van der Waals surface area contributed by atoms with Crippen LogP contribution in [0, 0.1) is 5.92 Å². The van der Waals surface area contributed by atoms with Gasteiger partial charge >= 0.3 is 5.97 Å². The van der Waals surface area contributed by atoms with E-state index in [9.17, 15) is 19.0 Å². The van der Waals surface area contributed by atoms with Crippen LogP contribution in [0.25, 0.3) is 0 Å². The summed E-state index contributed by atoms with van der Waals surface area (Å²) in [5.74, 6) is -1.55. The molecule has 0 aromatic rings. The van der Waals surface area contributed by atoms with Crippen LogP contribution in [0.2, 0.25) is 0 Å². The van der Waals surface area contributed by atoms with Crippen molar-refractivity contribution in [3.05, 3.63) is 24.5 Å². The van der Waals surface area contributed by atoms with Crippen molar-refractivity contribution in [1.29, 1.82) is 0 Å². The van der Waals surface area contributed by atoms with E-state index >= 15 is 0 Å². The molecule has 0 amide bonds. The Morgan fingerprint density at radius 1 is 1.38 bits per heavy atom. The average molecular weight is 363 g/mol. The largest absolute Gasteiger partial charge is 0.496 e. The number of carboxylic acid groups (broad SMARTS) is 1. The van der Waals surface area contributed by atoms with Gasteiger partial charge in [0, 0.05) is 12.1 Å². The molecule has 0 aliphatic heterocycles. The van der Waals surface area contributed by atoms with E-state index < -0.39 is 37.0 Å². The number of allylic oxidation sites excluding steroid dienone is 3. The second kappa shape index (κ2) is 11.1. The molecule has 3 atom stereocenters. The van der Waals surface area contributed by atoms with Crippen molar-refractivity contribution in [1.82, 2.24) is 0 Å². The predicted octanol–water partition coefficient (Wildman–Crippen LogP) is 1.08. The Bertz CT molecular complexity index is 518. The topological polar surface area (TPSA) is 147 Å². The van der Waals surface area contributed by atoms with Gasteiger partial charge < -0.3 is 25.6 Å². The Morgan fingerprint density at radius 3 is 2.50 bits per heavy atom. The first kappa shape index (κ1) is 22.5. The molecule has 0 aromatic carbocycles. The number of hydrogen-bond donors (Lipinski definition) is 4. The van der Waals surface area contributed by atoms with E-state index in [0.717, 1.165) is 0 Å². The van der Waals surface area contributed by atoms with Gasteiger partial charge in [-0.05, 0) is 32.3 Å². The highest BCUT2D eigenvalue weighted by atomic mass is 31.2. The van der Waals surface area contributed by atoms with Gasteiger partial charge in [-0.3, -0.25) is 14.2 Å². The van der Waals surface area contributed by atoms with Crippen molar-refractivity contribution >= 4 is 18.9 Å². The van der Waals surface area contributed by atoms with E-state index in [2.05, 4.69) is 6.58 Å². The fraction of sp³-hybridized carbons (Fsp3) is 0.600. The predicted molar refractivity (Wildman–Crippen MR) is 89.6 cm³/mol. The molecule has 9 heteroatoms. The summed E-state index contributed by atoms with van der Waals surface area (Å²) in [6.07, 6.45) is 2.73. The second-order valence-corrected chi connectivity index (χ2v) is 7.63. The van der Waals surface area contributed by atoms with Crippen LogP contribution in [0.15, 0.2) is 24.5 Å². The smallest absolute Gasteiger partial charge is 0.320 e. The molecule has 8 nitrogen and oxygen atoms in total. The molecule has 0 fully saturated rings. The van der Waals surface area contributed by atoms with Crippen LogP contribution in [0.4, 0.5) is 0 Å². The van der Waals surface area contributed by atoms with E-state index in [1.165, 1.54) is 6.08 Å². The summed E-state index contributed by atoms with van der Waals surface area (Å²) < 4.78 is 17.4. The van der Waals surface area contributed by atoms with Crippen LogP contribution < -0.4 is 5.73 Å². The molecule has 0 bridgehead atoms. The third-order valence-electron chi connectivity index (χ3n) is 3.32. The number of hydrogen-bond acceptors (Lipinski definition) is 6. The molecule has 0 aliphatic carbocycles. The van der Waals surface area contributed by atoms with E-state index in [1.807, 2.05) is 0 Å². The minimum atomic E-state index is -4.18. The Labute approximate surface area is 141 Å². The van der Waals surface area contributed by atoms with E-state index in [-0.39, 0.29) is 32.5 Å². The molecule has 0 rings (SSSR count). The number of aliphatic hydroxyl groups is 1. The number of aliphatic hydroxyl groups excluding tert-OH is 1. The SMILES string of the molecule is C=CCC(CC=C(C)OCCO)C(=O)P(=O)(O)CCC(N)C(=O)O. The number of rotatable bonds is 13. The number of carbonyl (C=O) groups excluding carboxylic acids is 1. The molecule has 5 N–H and O–H groups in total. The molecule has 0 aromatic heterocycles. The number of aliphatic carboxylic acids is 1. The third kappa shape index (κ3) is 8.40. The zero-order chi connectivity index (χ0) is 18.8. The molecule has 0 spiro atoms. The molecule has 0 saturated heterocycles. The third-order valence-corrected chi connectivity index (χ3v) is 5.23. The Kier molecular flexibility index (Phi) is 10.5. The van der Waals surface area contributed by atoms with Gasteiger partial charge in [0.05, 0.1) is 12.4 Å². The highest BCUT2D eigenvalue weighted by molar-refractivity contribution is 7.75. The molecule has 0 aliphatic rings. The lowest BCUT2D eigenvalue weighted by atomic mass is 10.0. The summed E-state index contributed by atoms with van der Waals surface area (Å²) in [5, 5.41) is 17.4. The van der Waals surface area contributed by atoms with Crippen molar-refractivity contribution < 1.29 is 34.0 Å². The summed E-state index contributed by atoms with van der Waals surface area (Å²) in [7, 11) is -4.18. The van der Waals surface area contributed by atoms with Crippen LogP contribution in [-0.4, -0.2) is 52.0 Å². The molecule has 3 unspecified atom stereocenters. The van der Waals surface area contributed by atoms with Crippen LogP contribution in [-0.2, 0) is 18.9 Å². The van der Waals surface area contributed by atoms with Gasteiger partial charge in [-0.15, -0.1) is 6.58 Å². The van der Waals surface area contributed by atoms with Crippen molar-refractivity contribution in [3.8, 4) is 0 Å². The highest BCUT2D eigenvalue weighted by Gasteiger charge is 2.34. The second-order valence-electron chi connectivity index (χ2n) is 5.34. The molecule has 24 heavy (non-hydrogen) atoms. The molecule has 0 saturated carbocycles. The molecule has 138 valence electrons. The van der Waals surface area contributed by atoms with Gasteiger partial charge in [0.1, 0.15) is 12.6 Å². The van der Waals surface area contributed by atoms with Crippen molar-refractivity contribution in [2.45, 2.75) is 32.2 Å². The minimum Gasteiger partial charge on any atom is -0.496 e. The first-order valence-electron chi connectivity index (χ1n) is 7.51. The van der Waals surface area contributed by atoms with Crippen LogP contribution in [0.1, 0.15) is 26.2 Å². The normalized spacial score (nSPS) is 16.8. The van der Waals surface area contributed by atoms with Crippen LogP contribution in [0.5, 0.6) is 0 Å². The van der Waals surface area contributed by atoms with Gasteiger partial charge in [0.2, 0.25) is 5.52 Å². The lowest BCUT2D eigenvalue weighted by Gasteiger charge is -2.18. The van der Waals surface area contributed by atoms with Gasteiger partial charge in [-0.2, -0.15) is 0 Å². The first-order chi connectivity index (χ1) is 11.2. The van der Waals surface area contributed by atoms with Gasteiger partial charge in [-0.25, -0.2) is 0 Å². The Hall–Kier alpha value is -1.47. The summed E-state index contributed by atoms with van der Waals surface area (Å²) in [6, 6.07) is -1.29. The summed E-state index contributed by atoms with van der Waals surface area (Å²) >= 11 is 0. The van der Waals surface area contributed by atoms with Gasteiger partial charge in [0.25, 0.3) is 7.37 Å². The first-order valence-corrected chi connectivity index (χ1v) is 9.36. The molecular weight excluding hydrogens is 337 g/mol. The van der Waals surface area contributed by atoms with Crippen molar-refractivity contribution in [2.24, 2.45) is 11.7 Å².